The van der Waals surface area contributed by atoms with E-state index < -0.39 is 114 Å². The van der Waals surface area contributed by atoms with Crippen molar-refractivity contribution >= 4 is 107 Å². The molecule has 0 spiro atoms. The lowest BCUT2D eigenvalue weighted by Crippen LogP contribution is -2.37. The number of ether oxygens (including phenoxy) is 3. The predicted octanol–water partition coefficient (Wildman–Crippen LogP) is -3.15. The summed E-state index contributed by atoms with van der Waals surface area (Å²) >= 11 is 15.2. The molecule has 0 aliphatic carbocycles. The first-order chi connectivity index (χ1) is 31.7. The highest BCUT2D eigenvalue weighted by Gasteiger charge is 2.52. The maximum absolute atomic E-state index is 11.7. The molecule has 3 aliphatic rings. The Morgan fingerprint density at radius 3 is 1.22 bits per heavy atom. The Kier molecular flexibility index (Phi) is 13.4. The Balaban J connectivity index is 0.918. The summed E-state index contributed by atoms with van der Waals surface area (Å²) in [6, 6.07) is 0. The molecule has 37 heteroatoms. The average molecular weight is 1050 g/mol. The second kappa shape index (κ2) is 18.6. The van der Waals surface area contributed by atoms with Gasteiger partial charge in [-0.05, 0) is 35.4 Å². The van der Waals surface area contributed by atoms with E-state index in [2.05, 4.69) is 56.7 Å². The summed E-state index contributed by atoms with van der Waals surface area (Å²) in [7, 11) is 0. The van der Waals surface area contributed by atoms with Crippen LogP contribution in [0.25, 0.3) is 33.5 Å². The third-order valence-electron chi connectivity index (χ3n) is 10.7. The van der Waals surface area contributed by atoms with E-state index in [-0.39, 0.29) is 50.9 Å². The molecule has 14 atom stereocenters. The average Bonchev–Trinajstić information content (AvgIpc) is 4.13. The molecule has 5 unspecified atom stereocenters. The molecule has 3 fully saturated rings. The van der Waals surface area contributed by atoms with Gasteiger partial charge in [0.25, 0.3) is 0 Å². The quantitative estimate of drug-likeness (QED) is 0.0427. The lowest BCUT2D eigenvalue weighted by atomic mass is 10.1. The van der Waals surface area contributed by atoms with Crippen molar-refractivity contribution in [1.82, 2.24) is 58.6 Å². The number of rotatable bonds is 16. The largest absolute Gasteiger partial charge is 0.387 e. The van der Waals surface area contributed by atoms with E-state index in [9.17, 15) is 40.0 Å². The van der Waals surface area contributed by atoms with Crippen molar-refractivity contribution in [2.45, 2.75) is 73.6 Å². The van der Waals surface area contributed by atoms with Gasteiger partial charge in [0.2, 0.25) is 0 Å². The van der Waals surface area contributed by atoms with Crippen LogP contribution in [-0.4, -0.2) is 173 Å². The SMILES string of the molecule is Nc1ncnc2c1ncn2[C@@H]1O[C@H](COP(O)(=S)O[C@H]2C(O)[C@@H](COP(O)(=S)O[C@H]3C(O)[C@@H](COP(O)(O)=S)O[C@H]3n3cnc4c(N)ncnc43)O[C@H]2n2cnc3c(N)ncnc32)C(O)[C@@H]1O. The van der Waals surface area contributed by atoms with Crippen LogP contribution in [0.3, 0.4) is 0 Å². The number of hydrogen-bond donors (Lipinski definition) is 11. The zero-order valence-corrected chi connectivity index (χ0v) is 38.7. The van der Waals surface area contributed by atoms with E-state index >= 15 is 0 Å². The van der Waals surface area contributed by atoms with Gasteiger partial charge in [0.05, 0.1) is 38.8 Å². The molecule has 14 N–H and O–H groups in total. The molecule has 9 heterocycles. The normalized spacial score (nSPS) is 31.0. The van der Waals surface area contributed by atoms with Crippen molar-refractivity contribution in [1.29, 1.82) is 0 Å². The molecule has 31 nitrogen and oxygen atoms in total. The minimum absolute atomic E-state index is 0.00736. The number of imidazole rings is 3. The Bertz CT molecular complexity index is 2950. The fourth-order valence-electron chi connectivity index (χ4n) is 7.53. The van der Waals surface area contributed by atoms with E-state index in [1.54, 1.807) is 0 Å². The summed E-state index contributed by atoms with van der Waals surface area (Å²) in [5, 5.41) is 44.9. The Morgan fingerprint density at radius 2 is 0.836 bits per heavy atom. The molecule has 9 rings (SSSR count). The molecule has 6 aromatic heterocycles. The van der Waals surface area contributed by atoms with Crippen LogP contribution in [0.15, 0.2) is 38.0 Å². The summed E-state index contributed by atoms with van der Waals surface area (Å²) < 4.78 is 49.8. The number of hydrogen-bond acceptors (Lipinski definition) is 27. The molecule has 0 amide bonds. The fraction of sp³-hybridized carbons (Fsp3) is 0.500. The number of aromatic nitrogens is 12. The lowest BCUT2D eigenvalue weighted by molar-refractivity contribution is -0.0588. The first kappa shape index (κ1) is 48.4. The van der Waals surface area contributed by atoms with Crippen LogP contribution >= 0.6 is 20.2 Å². The van der Waals surface area contributed by atoms with Gasteiger partial charge in [0.1, 0.15) is 90.5 Å². The topological polar surface area (TPSA) is 445 Å². The number of nitrogen functional groups attached to an aromatic ring is 3. The van der Waals surface area contributed by atoms with Crippen LogP contribution in [-0.2, 0) is 72.2 Å². The molecule has 6 aromatic rings. The first-order valence-electron chi connectivity index (χ1n) is 19.2. The molecule has 0 radical (unpaired) electrons. The van der Waals surface area contributed by atoms with Crippen LogP contribution in [0.2, 0.25) is 0 Å². The van der Waals surface area contributed by atoms with Crippen molar-refractivity contribution in [3.8, 4) is 0 Å². The highest BCUT2D eigenvalue weighted by molar-refractivity contribution is 8.07. The number of nitrogens with two attached hydrogens (primary N) is 3. The molecule has 0 aromatic carbocycles. The second-order valence-corrected chi connectivity index (χ2v) is 23.1. The van der Waals surface area contributed by atoms with Crippen molar-refractivity contribution < 1.29 is 76.8 Å². The molecular formula is C30H38N15O16P3S3. The smallest absolute Gasteiger partial charge is 0.325 e. The van der Waals surface area contributed by atoms with E-state index in [4.69, 9.17) is 77.6 Å². The van der Waals surface area contributed by atoms with Crippen molar-refractivity contribution in [3.05, 3.63) is 38.0 Å². The summed E-state index contributed by atoms with van der Waals surface area (Å²) in [5.41, 5.74) is 18.8. The predicted molar refractivity (Wildman–Crippen MR) is 234 cm³/mol. The van der Waals surface area contributed by atoms with Gasteiger partial charge in [-0.25, -0.2) is 44.9 Å². The highest BCUT2D eigenvalue weighted by Crippen LogP contribution is 2.53. The number of aliphatic hydroxyl groups is 4. The number of fused-ring (bicyclic) bond motifs is 3. The van der Waals surface area contributed by atoms with Gasteiger partial charge < -0.3 is 85.0 Å². The standard InChI is InChI=1S/C30H38N15O16P3S3/c31-22-13-25(37-4-34-22)43(7-40-13)28-19(49)16(46)10(57-28)2-55-63(52,66)61-21-18(48)12(59-30(21)45-9-42-15-24(33)36-6-39-27(15)45)3-56-64(53,67)60-20-17(47)11(1-54-62(50,51)65)58-29(20)44-8-41-14-23(32)35-5-38-26(14)44/h4-12,16-21,28-30,46-49H,1-3H2,(H,52,66)(H,53,67)(H2,31,34,37)(H2,32,35,38)(H2,33,36,39)(H2,50,51,65)/t10-,11-,12-,16?,17?,18?,19+,20+,21+,28-,29-,30-,63?,64?/m1/s1. The number of anilines is 3. The monoisotopic (exact) mass is 1050 g/mol. The molecule has 0 bridgehead atoms. The van der Waals surface area contributed by atoms with Gasteiger partial charge in [0.15, 0.2) is 53.1 Å². The minimum atomic E-state index is -4.51. The Labute approximate surface area is 389 Å². The van der Waals surface area contributed by atoms with E-state index in [0.717, 1.165) is 12.7 Å². The number of aliphatic hydroxyl groups excluding tert-OH is 4. The Hall–Kier alpha value is -3.64. The zero-order chi connectivity index (χ0) is 47.7. The maximum Gasteiger partial charge on any atom is 0.325 e. The summed E-state index contributed by atoms with van der Waals surface area (Å²) in [5.74, 6) is 0.0688. The molecule has 67 heavy (non-hydrogen) atoms. The summed E-state index contributed by atoms with van der Waals surface area (Å²) in [6.07, 6.45) is -10.7. The molecular weight excluding hydrogens is 1020 g/mol. The number of nitrogens with zero attached hydrogens (tertiary/aromatic N) is 12. The van der Waals surface area contributed by atoms with Crippen molar-refractivity contribution in [2.24, 2.45) is 0 Å². The molecule has 0 saturated carbocycles. The molecule has 362 valence electrons. The van der Waals surface area contributed by atoms with E-state index in [1.165, 1.54) is 39.0 Å². The van der Waals surface area contributed by atoms with Crippen LogP contribution in [0, 0.1) is 0 Å². The van der Waals surface area contributed by atoms with Crippen LogP contribution < -0.4 is 17.2 Å². The minimum Gasteiger partial charge on any atom is -0.387 e. The van der Waals surface area contributed by atoms with Crippen LogP contribution in [0.4, 0.5) is 17.5 Å². The first-order valence-corrected chi connectivity index (χ1v) is 27.0. The molecule has 3 aliphatic heterocycles. The van der Waals surface area contributed by atoms with Gasteiger partial charge in [-0.3, -0.25) is 22.7 Å². The van der Waals surface area contributed by atoms with Gasteiger partial charge in [-0.2, -0.15) is 0 Å². The maximum atomic E-state index is 11.7. The third kappa shape index (κ3) is 9.66. The zero-order valence-electron chi connectivity index (χ0n) is 33.5. The van der Waals surface area contributed by atoms with E-state index in [0.29, 0.717) is 0 Å². The van der Waals surface area contributed by atoms with Crippen LogP contribution in [0.5, 0.6) is 0 Å². The lowest BCUT2D eigenvalue weighted by Gasteiger charge is -2.27. The third-order valence-corrected chi connectivity index (χ3v) is 14.6. The fourth-order valence-corrected chi connectivity index (χ4v) is 10.9. The second-order valence-electron chi connectivity index (χ2n) is 14.9. The van der Waals surface area contributed by atoms with Gasteiger partial charge in [0, 0.05) is 0 Å². The molecule has 3 saturated heterocycles. The van der Waals surface area contributed by atoms with Gasteiger partial charge in [-0.15, -0.1) is 0 Å². The van der Waals surface area contributed by atoms with E-state index in [1.807, 2.05) is 0 Å². The highest BCUT2D eigenvalue weighted by atomic mass is 32.5. The van der Waals surface area contributed by atoms with Crippen LogP contribution in [0.1, 0.15) is 18.7 Å². The Morgan fingerprint density at radius 1 is 0.493 bits per heavy atom. The van der Waals surface area contributed by atoms with Crippen molar-refractivity contribution in [3.63, 3.8) is 0 Å². The summed E-state index contributed by atoms with van der Waals surface area (Å²) in [6.45, 7) is -15.2. The van der Waals surface area contributed by atoms with Gasteiger partial charge in [-0.1, -0.05) is 0 Å². The van der Waals surface area contributed by atoms with Crippen molar-refractivity contribution in [2.75, 3.05) is 37.0 Å². The van der Waals surface area contributed by atoms with Gasteiger partial charge >= 0.3 is 20.2 Å². The summed E-state index contributed by atoms with van der Waals surface area (Å²) in [4.78, 5) is 79.0.